The quantitative estimate of drug-likeness (QED) is 0.692. The van der Waals surface area contributed by atoms with E-state index in [1.165, 1.54) is 0 Å². The molecule has 1 aliphatic carbocycles. The van der Waals surface area contributed by atoms with Gasteiger partial charge in [0.1, 0.15) is 5.75 Å². The number of amides is 1. The highest BCUT2D eigenvalue weighted by Crippen LogP contribution is 2.46. The third kappa shape index (κ3) is 1.15. The first-order valence-corrected chi connectivity index (χ1v) is 5.04. The highest BCUT2D eigenvalue weighted by Gasteiger charge is 2.60. The van der Waals surface area contributed by atoms with E-state index in [1.807, 2.05) is 6.07 Å². The fourth-order valence-electron chi connectivity index (χ4n) is 2.36. The molecule has 3 N–H and O–H groups in total. The van der Waals surface area contributed by atoms with E-state index in [0.717, 1.165) is 5.69 Å². The van der Waals surface area contributed by atoms with Crippen LogP contribution in [0.25, 0.3) is 0 Å². The first-order valence-electron chi connectivity index (χ1n) is 5.04. The molecule has 4 heteroatoms. The summed E-state index contributed by atoms with van der Waals surface area (Å²) in [5.41, 5.74) is 6.50. The Morgan fingerprint density at radius 1 is 1.47 bits per heavy atom. The minimum atomic E-state index is 0.0207. The number of aromatic hydroxyl groups is 1. The molecule has 1 aliphatic heterocycles. The maximum atomic E-state index is 11.8. The lowest BCUT2D eigenvalue weighted by molar-refractivity contribution is -0.118. The molecule has 0 radical (unpaired) electrons. The summed E-state index contributed by atoms with van der Waals surface area (Å²) < 4.78 is 0. The van der Waals surface area contributed by atoms with Crippen LogP contribution in [-0.2, 0) is 4.79 Å². The van der Waals surface area contributed by atoms with Crippen LogP contribution in [-0.4, -0.2) is 23.6 Å². The second kappa shape index (κ2) is 2.73. The van der Waals surface area contributed by atoms with E-state index in [-0.39, 0.29) is 23.6 Å². The molecule has 78 valence electrons. The van der Waals surface area contributed by atoms with Crippen molar-refractivity contribution in [3.8, 4) is 5.75 Å². The number of fused-ring (bicyclic) bond motifs is 1. The van der Waals surface area contributed by atoms with Gasteiger partial charge in [0.05, 0.1) is 5.92 Å². The number of rotatable bonds is 1. The van der Waals surface area contributed by atoms with Crippen LogP contribution in [0.5, 0.6) is 5.75 Å². The first kappa shape index (κ1) is 8.73. The van der Waals surface area contributed by atoms with Gasteiger partial charge in [0, 0.05) is 30.3 Å². The van der Waals surface area contributed by atoms with Gasteiger partial charge in [-0.25, -0.2) is 0 Å². The summed E-state index contributed by atoms with van der Waals surface area (Å²) in [5.74, 6) is 0.621. The molecule has 15 heavy (non-hydrogen) atoms. The van der Waals surface area contributed by atoms with E-state index in [4.69, 9.17) is 5.73 Å². The molecule has 1 amide bonds. The summed E-state index contributed by atoms with van der Waals surface area (Å²) in [4.78, 5) is 13.5. The smallest absolute Gasteiger partial charge is 0.232 e. The monoisotopic (exact) mass is 204 g/mol. The summed E-state index contributed by atoms with van der Waals surface area (Å²) in [5, 5.41) is 9.33. The number of nitrogens with two attached hydrogens (primary N) is 1. The van der Waals surface area contributed by atoms with Crippen molar-refractivity contribution in [3.05, 3.63) is 24.3 Å². The average molecular weight is 204 g/mol. The lowest BCUT2D eigenvalue weighted by Crippen LogP contribution is -2.32. The Bertz CT molecular complexity index is 432. The van der Waals surface area contributed by atoms with Gasteiger partial charge in [0.2, 0.25) is 5.91 Å². The number of hydrogen-bond acceptors (Lipinski definition) is 3. The molecule has 3 unspecified atom stereocenters. The largest absolute Gasteiger partial charge is 0.508 e. The van der Waals surface area contributed by atoms with Crippen molar-refractivity contribution in [2.45, 2.75) is 6.04 Å². The molecule has 1 aromatic carbocycles. The van der Waals surface area contributed by atoms with Crippen molar-refractivity contribution in [1.29, 1.82) is 0 Å². The second-order valence-electron chi connectivity index (χ2n) is 4.24. The van der Waals surface area contributed by atoms with Crippen LogP contribution < -0.4 is 10.6 Å². The fraction of sp³-hybridized carbons (Fsp3) is 0.364. The van der Waals surface area contributed by atoms with Crippen molar-refractivity contribution < 1.29 is 9.90 Å². The predicted octanol–water partition coefficient (Wildman–Crippen LogP) is 0.312. The Morgan fingerprint density at radius 3 is 2.87 bits per heavy atom. The van der Waals surface area contributed by atoms with Crippen LogP contribution in [0.2, 0.25) is 0 Å². The van der Waals surface area contributed by atoms with Gasteiger partial charge in [-0.15, -0.1) is 0 Å². The Balaban J connectivity index is 1.88. The van der Waals surface area contributed by atoms with Crippen LogP contribution >= 0.6 is 0 Å². The van der Waals surface area contributed by atoms with E-state index in [0.29, 0.717) is 12.5 Å². The van der Waals surface area contributed by atoms with Crippen molar-refractivity contribution in [3.63, 3.8) is 0 Å². The summed E-state index contributed by atoms with van der Waals surface area (Å²) in [7, 11) is 0. The number of nitrogens with zero attached hydrogens (tertiary/aromatic N) is 1. The zero-order chi connectivity index (χ0) is 10.6. The number of hydrogen-bond donors (Lipinski definition) is 2. The minimum Gasteiger partial charge on any atom is -0.508 e. The Morgan fingerprint density at radius 2 is 2.27 bits per heavy atom. The van der Waals surface area contributed by atoms with Gasteiger partial charge >= 0.3 is 0 Å². The van der Waals surface area contributed by atoms with Crippen LogP contribution in [0, 0.1) is 11.8 Å². The Hall–Kier alpha value is -1.55. The zero-order valence-electron chi connectivity index (χ0n) is 8.13. The Kier molecular flexibility index (Phi) is 1.59. The molecular weight excluding hydrogens is 192 g/mol. The minimum absolute atomic E-state index is 0.0207. The molecule has 0 spiro atoms. The van der Waals surface area contributed by atoms with Crippen molar-refractivity contribution in [1.82, 2.24) is 0 Å². The maximum absolute atomic E-state index is 11.8. The molecule has 3 rings (SSSR count). The number of carbonyl (C=O) groups is 1. The summed E-state index contributed by atoms with van der Waals surface area (Å²) in [6, 6.07) is 6.83. The van der Waals surface area contributed by atoms with E-state index in [1.54, 1.807) is 23.1 Å². The SMILES string of the molecule is NC1C2CN(c3cccc(O)c3)C(=O)C12. The van der Waals surface area contributed by atoms with Crippen molar-refractivity contribution in [2.75, 3.05) is 11.4 Å². The number of phenolic OH excluding ortho intramolecular Hbond substituents is 1. The highest BCUT2D eigenvalue weighted by molar-refractivity contribution is 6.01. The van der Waals surface area contributed by atoms with Gasteiger partial charge in [-0.1, -0.05) is 6.07 Å². The number of carbonyl (C=O) groups excluding carboxylic acids is 1. The van der Waals surface area contributed by atoms with Crippen molar-refractivity contribution >= 4 is 11.6 Å². The number of benzene rings is 1. The zero-order valence-corrected chi connectivity index (χ0v) is 8.13. The molecule has 1 aromatic rings. The summed E-state index contributed by atoms with van der Waals surface area (Å²) in [6.45, 7) is 0.689. The lowest BCUT2D eigenvalue weighted by Gasteiger charge is -2.19. The van der Waals surface area contributed by atoms with E-state index >= 15 is 0 Å². The summed E-state index contributed by atoms with van der Waals surface area (Å²) >= 11 is 0. The Labute approximate surface area is 87.3 Å². The molecule has 2 aliphatic rings. The number of phenols is 1. The lowest BCUT2D eigenvalue weighted by atomic mass is 10.2. The first-order chi connectivity index (χ1) is 7.18. The maximum Gasteiger partial charge on any atom is 0.232 e. The molecular formula is C11H12N2O2. The molecule has 1 heterocycles. The fourth-order valence-corrected chi connectivity index (χ4v) is 2.36. The highest BCUT2D eigenvalue weighted by atomic mass is 16.3. The molecule has 0 bridgehead atoms. The molecule has 1 saturated carbocycles. The number of anilines is 1. The third-order valence-corrected chi connectivity index (χ3v) is 3.32. The average Bonchev–Trinajstić information content (AvgIpc) is 2.68. The molecule has 3 atom stereocenters. The predicted molar refractivity (Wildman–Crippen MR) is 55.4 cm³/mol. The summed E-state index contributed by atoms with van der Waals surface area (Å²) in [6.07, 6.45) is 0. The van der Waals surface area contributed by atoms with Gasteiger partial charge in [-0.05, 0) is 12.1 Å². The van der Waals surface area contributed by atoms with Gasteiger partial charge < -0.3 is 15.7 Å². The van der Waals surface area contributed by atoms with Crippen LogP contribution in [0.15, 0.2) is 24.3 Å². The molecule has 0 aromatic heterocycles. The van der Waals surface area contributed by atoms with E-state index in [2.05, 4.69) is 0 Å². The molecule has 1 saturated heterocycles. The normalized spacial score (nSPS) is 33.0. The molecule has 2 fully saturated rings. The van der Waals surface area contributed by atoms with Crippen LogP contribution in [0.4, 0.5) is 5.69 Å². The van der Waals surface area contributed by atoms with Gasteiger partial charge in [0.15, 0.2) is 0 Å². The van der Waals surface area contributed by atoms with Gasteiger partial charge in [-0.2, -0.15) is 0 Å². The van der Waals surface area contributed by atoms with Crippen molar-refractivity contribution in [2.24, 2.45) is 17.6 Å². The van der Waals surface area contributed by atoms with Crippen LogP contribution in [0.3, 0.4) is 0 Å². The van der Waals surface area contributed by atoms with Gasteiger partial charge in [-0.3, -0.25) is 4.79 Å². The third-order valence-electron chi connectivity index (χ3n) is 3.32. The second-order valence-corrected chi connectivity index (χ2v) is 4.24. The van der Waals surface area contributed by atoms with E-state index in [9.17, 15) is 9.90 Å². The van der Waals surface area contributed by atoms with Gasteiger partial charge in [0.25, 0.3) is 0 Å². The molecule has 4 nitrogen and oxygen atoms in total. The van der Waals surface area contributed by atoms with E-state index < -0.39 is 0 Å². The van der Waals surface area contributed by atoms with Crippen LogP contribution in [0.1, 0.15) is 0 Å². The standard InChI is InChI=1S/C11H12N2O2/c12-10-8-5-13(11(15)9(8)10)6-2-1-3-7(14)4-6/h1-4,8-10,14H,5,12H2. The topological polar surface area (TPSA) is 66.6 Å². The number of piperidine rings is 1.